The zero-order valence-electron chi connectivity index (χ0n) is 12.5. The molecule has 0 spiro atoms. The van der Waals surface area contributed by atoms with Gasteiger partial charge in [0.1, 0.15) is 5.82 Å². The van der Waals surface area contributed by atoms with Gasteiger partial charge in [-0.15, -0.1) is 0 Å². The molecular weight excluding hydrogens is 267 g/mol. The highest BCUT2D eigenvalue weighted by Crippen LogP contribution is 2.30. The topological polar surface area (TPSA) is 26.7 Å². The van der Waals surface area contributed by atoms with Gasteiger partial charge in [-0.05, 0) is 42.9 Å². The number of benzene rings is 1. The first-order valence-corrected chi connectivity index (χ1v) is 8.09. The van der Waals surface area contributed by atoms with Crippen molar-refractivity contribution in [2.24, 2.45) is 5.92 Å². The van der Waals surface area contributed by atoms with Crippen molar-refractivity contribution in [2.45, 2.75) is 25.4 Å². The van der Waals surface area contributed by atoms with Crippen LogP contribution in [0.15, 0.2) is 24.3 Å². The summed E-state index contributed by atoms with van der Waals surface area (Å²) in [5.41, 5.74) is 0.809. The molecule has 0 aromatic heterocycles. The van der Waals surface area contributed by atoms with Crippen LogP contribution in [0, 0.1) is 11.7 Å². The molecule has 0 radical (unpaired) electrons. The number of piperazine rings is 1. The average molecular weight is 292 g/mol. The lowest BCUT2D eigenvalue weighted by atomic mass is 10.1. The zero-order chi connectivity index (χ0) is 14.7. The summed E-state index contributed by atoms with van der Waals surface area (Å²) in [6.45, 7) is 6.71. The van der Waals surface area contributed by atoms with Gasteiger partial charge in [0, 0.05) is 39.3 Å². The molecule has 1 unspecified atom stereocenters. The Bertz CT molecular complexity index is 439. The molecule has 1 aliphatic heterocycles. The Labute approximate surface area is 126 Å². The average Bonchev–Trinajstić information content (AvgIpc) is 3.31. The highest BCUT2D eigenvalue weighted by atomic mass is 19.1. The van der Waals surface area contributed by atoms with E-state index < -0.39 is 6.10 Å². The molecule has 1 atom stereocenters. The van der Waals surface area contributed by atoms with Crippen molar-refractivity contribution in [2.75, 3.05) is 39.3 Å². The second-order valence-corrected chi connectivity index (χ2v) is 6.44. The van der Waals surface area contributed by atoms with Gasteiger partial charge in [0.2, 0.25) is 0 Å². The quantitative estimate of drug-likeness (QED) is 0.871. The summed E-state index contributed by atoms with van der Waals surface area (Å²) in [6.07, 6.45) is 3.07. The highest BCUT2D eigenvalue weighted by molar-refractivity contribution is 5.18. The summed E-state index contributed by atoms with van der Waals surface area (Å²) in [5.74, 6) is 0.717. The number of hydrogen-bond donors (Lipinski definition) is 1. The Morgan fingerprint density at radius 3 is 2.29 bits per heavy atom. The highest BCUT2D eigenvalue weighted by Gasteiger charge is 2.26. The van der Waals surface area contributed by atoms with Crippen LogP contribution in [0.4, 0.5) is 4.39 Å². The normalized spacial score (nSPS) is 22.4. The first-order chi connectivity index (χ1) is 10.2. The van der Waals surface area contributed by atoms with Crippen molar-refractivity contribution in [3.05, 3.63) is 35.6 Å². The van der Waals surface area contributed by atoms with E-state index in [9.17, 15) is 9.50 Å². The monoisotopic (exact) mass is 292 g/mol. The van der Waals surface area contributed by atoms with Crippen LogP contribution in [0.3, 0.4) is 0 Å². The second-order valence-electron chi connectivity index (χ2n) is 6.44. The van der Waals surface area contributed by atoms with Gasteiger partial charge in [0.25, 0.3) is 0 Å². The number of aliphatic hydroxyl groups is 1. The maximum atomic E-state index is 12.9. The first kappa shape index (κ1) is 14.9. The summed E-state index contributed by atoms with van der Waals surface area (Å²) in [6, 6.07) is 6.17. The van der Waals surface area contributed by atoms with Crippen LogP contribution in [0.25, 0.3) is 0 Å². The molecule has 2 aliphatic rings. The second kappa shape index (κ2) is 6.86. The van der Waals surface area contributed by atoms with Crippen LogP contribution in [0.2, 0.25) is 0 Å². The van der Waals surface area contributed by atoms with Gasteiger partial charge in [-0.2, -0.15) is 0 Å². The number of aliphatic hydroxyl groups excluding tert-OH is 1. The van der Waals surface area contributed by atoms with Crippen molar-refractivity contribution in [1.29, 1.82) is 0 Å². The predicted octanol–water partition coefficient (Wildman–Crippen LogP) is 2.28. The van der Waals surface area contributed by atoms with Gasteiger partial charge in [0.15, 0.2) is 0 Å². The Kier molecular flexibility index (Phi) is 4.88. The summed E-state index contributed by atoms with van der Waals surface area (Å²) in [4.78, 5) is 5.00. The van der Waals surface area contributed by atoms with Gasteiger partial charge in [-0.3, -0.25) is 0 Å². The third kappa shape index (κ3) is 4.50. The molecule has 0 bridgehead atoms. The van der Waals surface area contributed by atoms with E-state index in [4.69, 9.17) is 0 Å². The van der Waals surface area contributed by atoms with Gasteiger partial charge in [0.05, 0.1) is 6.10 Å². The smallest absolute Gasteiger partial charge is 0.123 e. The minimum Gasteiger partial charge on any atom is -0.388 e. The maximum absolute atomic E-state index is 12.9. The van der Waals surface area contributed by atoms with E-state index in [0.717, 1.165) is 44.2 Å². The molecule has 1 aromatic rings. The predicted molar refractivity (Wildman–Crippen MR) is 81.6 cm³/mol. The van der Waals surface area contributed by atoms with Gasteiger partial charge in [-0.1, -0.05) is 12.1 Å². The lowest BCUT2D eigenvalue weighted by Gasteiger charge is -2.35. The Balaban J connectivity index is 1.38. The fourth-order valence-electron chi connectivity index (χ4n) is 3.02. The Morgan fingerprint density at radius 1 is 1.05 bits per heavy atom. The Hall–Kier alpha value is -0.970. The molecule has 1 heterocycles. The molecule has 1 aromatic carbocycles. The third-order valence-electron chi connectivity index (χ3n) is 4.65. The fourth-order valence-corrected chi connectivity index (χ4v) is 3.02. The van der Waals surface area contributed by atoms with E-state index in [1.807, 2.05) is 0 Å². The largest absolute Gasteiger partial charge is 0.388 e. The van der Waals surface area contributed by atoms with Crippen LogP contribution in [-0.2, 0) is 0 Å². The van der Waals surface area contributed by atoms with Crippen molar-refractivity contribution in [1.82, 2.24) is 9.80 Å². The SMILES string of the molecule is OC(CCN1CCN(CC2CC2)CC1)c1ccc(F)cc1. The molecule has 1 saturated heterocycles. The standard InChI is InChI=1S/C17H25FN2O/c18-16-5-3-15(4-6-16)17(21)7-8-19-9-11-20(12-10-19)13-14-1-2-14/h3-6,14,17,21H,1-2,7-13H2. The number of halogens is 1. The van der Waals surface area contributed by atoms with Gasteiger partial charge >= 0.3 is 0 Å². The van der Waals surface area contributed by atoms with Crippen LogP contribution >= 0.6 is 0 Å². The van der Waals surface area contributed by atoms with E-state index in [-0.39, 0.29) is 5.82 Å². The number of rotatable bonds is 6. The lowest BCUT2D eigenvalue weighted by molar-refractivity contribution is 0.100. The van der Waals surface area contributed by atoms with Crippen LogP contribution in [0.5, 0.6) is 0 Å². The zero-order valence-corrected chi connectivity index (χ0v) is 12.5. The molecule has 1 aliphatic carbocycles. The molecule has 1 saturated carbocycles. The van der Waals surface area contributed by atoms with Crippen LogP contribution in [-0.4, -0.2) is 54.2 Å². The van der Waals surface area contributed by atoms with E-state index >= 15 is 0 Å². The lowest BCUT2D eigenvalue weighted by Crippen LogP contribution is -2.47. The third-order valence-corrected chi connectivity index (χ3v) is 4.65. The van der Waals surface area contributed by atoms with E-state index in [2.05, 4.69) is 9.80 Å². The van der Waals surface area contributed by atoms with Crippen LogP contribution < -0.4 is 0 Å². The summed E-state index contributed by atoms with van der Waals surface area (Å²) in [7, 11) is 0. The molecule has 3 nitrogen and oxygen atoms in total. The van der Waals surface area contributed by atoms with E-state index in [0.29, 0.717) is 6.42 Å². The van der Waals surface area contributed by atoms with Crippen molar-refractivity contribution in [3.63, 3.8) is 0 Å². The first-order valence-electron chi connectivity index (χ1n) is 8.09. The van der Waals surface area contributed by atoms with E-state index in [1.54, 1.807) is 12.1 Å². The molecule has 4 heteroatoms. The van der Waals surface area contributed by atoms with Crippen LogP contribution in [0.1, 0.15) is 30.9 Å². The molecule has 116 valence electrons. The molecular formula is C17H25FN2O. The van der Waals surface area contributed by atoms with Crippen molar-refractivity contribution in [3.8, 4) is 0 Å². The number of hydrogen-bond acceptors (Lipinski definition) is 3. The van der Waals surface area contributed by atoms with Gasteiger partial charge in [-0.25, -0.2) is 4.39 Å². The maximum Gasteiger partial charge on any atom is 0.123 e. The minimum atomic E-state index is -0.491. The Morgan fingerprint density at radius 2 is 1.67 bits per heavy atom. The van der Waals surface area contributed by atoms with E-state index in [1.165, 1.54) is 31.5 Å². The van der Waals surface area contributed by atoms with Crippen molar-refractivity contribution >= 4 is 0 Å². The van der Waals surface area contributed by atoms with Crippen molar-refractivity contribution < 1.29 is 9.50 Å². The molecule has 0 amide bonds. The molecule has 1 N–H and O–H groups in total. The van der Waals surface area contributed by atoms with Gasteiger partial charge < -0.3 is 14.9 Å². The summed E-state index contributed by atoms with van der Waals surface area (Å²) in [5, 5.41) is 10.2. The molecule has 3 rings (SSSR count). The summed E-state index contributed by atoms with van der Waals surface area (Å²) < 4.78 is 12.9. The summed E-state index contributed by atoms with van der Waals surface area (Å²) >= 11 is 0. The fraction of sp³-hybridized carbons (Fsp3) is 0.647. The molecule has 2 fully saturated rings. The number of nitrogens with zero attached hydrogens (tertiary/aromatic N) is 2. The minimum absolute atomic E-state index is 0.252. The molecule has 21 heavy (non-hydrogen) atoms.